The lowest BCUT2D eigenvalue weighted by molar-refractivity contribution is 0.0305. The van der Waals surface area contributed by atoms with Gasteiger partial charge in [-0.15, -0.1) is 0 Å². The van der Waals surface area contributed by atoms with E-state index in [1.54, 1.807) is 0 Å². The van der Waals surface area contributed by atoms with Gasteiger partial charge in [0.15, 0.2) is 0 Å². The minimum absolute atomic E-state index is 0.00843. The molecule has 1 aromatic heterocycles. The number of aliphatic hydroxyl groups is 1. The highest BCUT2D eigenvalue weighted by Gasteiger charge is 2.34. The van der Waals surface area contributed by atoms with E-state index in [0.717, 1.165) is 50.4 Å². The molecule has 0 spiro atoms. The molecular weight excluding hydrogens is 264 g/mol. The Kier molecular flexibility index (Phi) is 5.22. The summed E-state index contributed by atoms with van der Waals surface area (Å²) in [5, 5.41) is 14.0. The Morgan fingerprint density at radius 2 is 2.19 bits per heavy atom. The summed E-state index contributed by atoms with van der Waals surface area (Å²) in [7, 11) is 0. The van der Waals surface area contributed by atoms with Crippen LogP contribution in [0.2, 0.25) is 0 Å². The Bertz CT molecular complexity index is 483. The molecule has 4 nitrogen and oxygen atoms in total. The van der Waals surface area contributed by atoms with Crippen molar-refractivity contribution in [2.45, 2.75) is 53.5 Å². The van der Waals surface area contributed by atoms with Crippen LogP contribution in [0.1, 0.15) is 50.1 Å². The van der Waals surface area contributed by atoms with Gasteiger partial charge < -0.3 is 9.63 Å². The van der Waals surface area contributed by atoms with Crippen LogP contribution >= 0.6 is 0 Å². The summed E-state index contributed by atoms with van der Waals surface area (Å²) in [6.07, 6.45) is 5.46. The van der Waals surface area contributed by atoms with Crippen molar-refractivity contribution in [2.24, 2.45) is 5.41 Å². The third-order valence-corrected chi connectivity index (χ3v) is 4.58. The molecule has 1 aromatic rings. The molecule has 1 unspecified atom stereocenters. The topological polar surface area (TPSA) is 49.5 Å². The molecule has 4 heteroatoms. The van der Waals surface area contributed by atoms with Crippen LogP contribution in [-0.4, -0.2) is 34.9 Å². The van der Waals surface area contributed by atoms with Crippen LogP contribution in [0.5, 0.6) is 0 Å². The van der Waals surface area contributed by atoms with Crippen molar-refractivity contribution >= 4 is 0 Å². The number of hydrogen-bond acceptors (Lipinski definition) is 4. The molecule has 0 bridgehead atoms. The van der Waals surface area contributed by atoms with Gasteiger partial charge in [0.2, 0.25) is 0 Å². The summed E-state index contributed by atoms with van der Waals surface area (Å²) in [5.41, 5.74) is 3.52. The van der Waals surface area contributed by atoms with Gasteiger partial charge >= 0.3 is 0 Å². The lowest BCUT2D eigenvalue weighted by atomic mass is 9.77. The van der Waals surface area contributed by atoms with Gasteiger partial charge in [-0.1, -0.05) is 16.8 Å². The molecule has 1 aliphatic rings. The first-order valence-electron chi connectivity index (χ1n) is 7.84. The zero-order valence-electron chi connectivity index (χ0n) is 13.8. The van der Waals surface area contributed by atoms with E-state index in [4.69, 9.17) is 4.52 Å². The second kappa shape index (κ2) is 6.75. The van der Waals surface area contributed by atoms with E-state index in [0.29, 0.717) is 0 Å². The Morgan fingerprint density at radius 1 is 1.43 bits per heavy atom. The van der Waals surface area contributed by atoms with E-state index < -0.39 is 0 Å². The van der Waals surface area contributed by atoms with E-state index in [1.807, 2.05) is 13.8 Å². The Labute approximate surface area is 127 Å². The number of allylic oxidation sites excluding steroid dienone is 2. The van der Waals surface area contributed by atoms with Gasteiger partial charge in [-0.3, -0.25) is 4.90 Å². The van der Waals surface area contributed by atoms with Crippen molar-refractivity contribution in [3.05, 3.63) is 28.7 Å². The first-order valence-corrected chi connectivity index (χ1v) is 7.84. The quantitative estimate of drug-likeness (QED) is 0.847. The summed E-state index contributed by atoms with van der Waals surface area (Å²) >= 11 is 0. The van der Waals surface area contributed by atoms with E-state index in [9.17, 15) is 5.11 Å². The fraction of sp³-hybridized carbons (Fsp3) is 0.706. The zero-order valence-corrected chi connectivity index (χ0v) is 13.8. The Hall–Kier alpha value is -1.13. The van der Waals surface area contributed by atoms with E-state index in [2.05, 4.69) is 30.0 Å². The summed E-state index contributed by atoms with van der Waals surface area (Å²) in [4.78, 5) is 2.44. The fourth-order valence-corrected chi connectivity index (χ4v) is 3.18. The number of aromatic nitrogens is 1. The van der Waals surface area contributed by atoms with Crippen LogP contribution in [0, 0.1) is 19.3 Å². The summed E-state index contributed by atoms with van der Waals surface area (Å²) in [6, 6.07) is 0. The maximum atomic E-state index is 9.92. The van der Waals surface area contributed by atoms with Gasteiger partial charge in [0.1, 0.15) is 5.76 Å². The monoisotopic (exact) mass is 292 g/mol. The Morgan fingerprint density at radius 3 is 2.76 bits per heavy atom. The summed E-state index contributed by atoms with van der Waals surface area (Å²) < 4.78 is 5.26. The van der Waals surface area contributed by atoms with Crippen LogP contribution in [0.15, 0.2) is 16.2 Å². The molecular formula is C17H28N2O2. The molecule has 2 rings (SSSR count). The van der Waals surface area contributed by atoms with Gasteiger partial charge in [0.25, 0.3) is 0 Å². The molecule has 21 heavy (non-hydrogen) atoms. The highest BCUT2D eigenvalue weighted by Crippen LogP contribution is 2.35. The highest BCUT2D eigenvalue weighted by atomic mass is 16.5. The van der Waals surface area contributed by atoms with Crippen LogP contribution < -0.4 is 0 Å². The number of rotatable bonds is 5. The fourth-order valence-electron chi connectivity index (χ4n) is 3.18. The van der Waals surface area contributed by atoms with Gasteiger partial charge in [0, 0.05) is 24.1 Å². The molecule has 1 atom stereocenters. The van der Waals surface area contributed by atoms with Crippen molar-refractivity contribution in [1.82, 2.24) is 10.1 Å². The molecule has 2 heterocycles. The van der Waals surface area contributed by atoms with Crippen LogP contribution in [0.25, 0.3) is 0 Å². The number of aliphatic hydroxyl groups excluding tert-OH is 1. The smallest absolute Gasteiger partial charge is 0.138 e. The predicted octanol–water partition coefficient (Wildman–Crippen LogP) is 3.22. The number of piperidine rings is 1. The molecule has 1 N–H and O–H groups in total. The molecule has 0 amide bonds. The van der Waals surface area contributed by atoms with Gasteiger partial charge in [0.05, 0.1) is 12.3 Å². The summed E-state index contributed by atoms with van der Waals surface area (Å²) in [5.74, 6) is 0.914. The van der Waals surface area contributed by atoms with Crippen LogP contribution in [0.4, 0.5) is 0 Å². The first-order chi connectivity index (χ1) is 9.96. The molecule has 118 valence electrons. The molecule has 1 fully saturated rings. The number of likely N-dealkylation sites (tertiary alicyclic amines) is 1. The molecule has 0 aliphatic carbocycles. The van der Waals surface area contributed by atoms with Crippen molar-refractivity contribution in [3.63, 3.8) is 0 Å². The van der Waals surface area contributed by atoms with E-state index in [1.165, 1.54) is 11.1 Å². The van der Waals surface area contributed by atoms with Crippen molar-refractivity contribution in [3.8, 4) is 0 Å². The first kappa shape index (κ1) is 16.2. The zero-order chi connectivity index (χ0) is 15.5. The van der Waals surface area contributed by atoms with Gasteiger partial charge in [-0.05, 0) is 53.5 Å². The number of nitrogens with zero attached hydrogens (tertiary/aromatic N) is 2. The second-order valence-electron chi connectivity index (χ2n) is 6.76. The van der Waals surface area contributed by atoms with Crippen molar-refractivity contribution in [2.75, 3.05) is 19.7 Å². The molecule has 1 saturated heterocycles. The number of aryl methyl sites for hydroxylation is 2. The highest BCUT2D eigenvalue weighted by molar-refractivity contribution is 5.20. The van der Waals surface area contributed by atoms with E-state index in [-0.39, 0.29) is 12.0 Å². The Balaban J connectivity index is 2.07. The van der Waals surface area contributed by atoms with Crippen LogP contribution in [-0.2, 0) is 6.54 Å². The lowest BCUT2D eigenvalue weighted by Crippen LogP contribution is -2.44. The SMILES string of the molecule is CC(C)=CCC1(CO)CCCN(Cc2c(C)noc2C)C1. The van der Waals surface area contributed by atoms with E-state index >= 15 is 0 Å². The number of hydrogen-bond donors (Lipinski definition) is 1. The van der Waals surface area contributed by atoms with Crippen molar-refractivity contribution < 1.29 is 9.63 Å². The second-order valence-corrected chi connectivity index (χ2v) is 6.76. The molecule has 0 radical (unpaired) electrons. The van der Waals surface area contributed by atoms with Gasteiger partial charge in [-0.2, -0.15) is 0 Å². The largest absolute Gasteiger partial charge is 0.396 e. The summed E-state index contributed by atoms with van der Waals surface area (Å²) in [6.45, 7) is 11.4. The van der Waals surface area contributed by atoms with Gasteiger partial charge in [-0.25, -0.2) is 0 Å². The minimum Gasteiger partial charge on any atom is -0.396 e. The lowest BCUT2D eigenvalue weighted by Gasteiger charge is -2.41. The average molecular weight is 292 g/mol. The van der Waals surface area contributed by atoms with Crippen molar-refractivity contribution in [1.29, 1.82) is 0 Å². The molecule has 0 aromatic carbocycles. The third kappa shape index (κ3) is 3.95. The maximum Gasteiger partial charge on any atom is 0.138 e. The molecule has 0 saturated carbocycles. The minimum atomic E-state index is 0.00843. The van der Waals surface area contributed by atoms with Crippen LogP contribution in [0.3, 0.4) is 0 Å². The maximum absolute atomic E-state index is 9.92. The third-order valence-electron chi connectivity index (χ3n) is 4.58. The predicted molar refractivity (Wildman–Crippen MR) is 84.1 cm³/mol. The average Bonchev–Trinajstić information content (AvgIpc) is 2.77. The normalized spacial score (nSPS) is 23.3. The molecule has 1 aliphatic heterocycles. The standard InChI is InChI=1S/C17H28N2O2/c1-13(2)6-8-17(12-20)7-5-9-19(11-17)10-16-14(3)18-21-15(16)4/h6,20H,5,7-12H2,1-4H3.